The van der Waals surface area contributed by atoms with Crippen LogP contribution in [-0.4, -0.2) is 26.8 Å². The Bertz CT molecular complexity index is 892. The molecule has 7 heteroatoms. The minimum Gasteiger partial charge on any atom is -0.325 e. The smallest absolute Gasteiger partial charge is 0.234 e. The molecule has 5 nitrogen and oxygen atoms in total. The van der Waals surface area contributed by atoms with Gasteiger partial charge in [-0.3, -0.25) is 9.89 Å². The maximum Gasteiger partial charge on any atom is 0.234 e. The quantitative estimate of drug-likeness (QED) is 0.679. The van der Waals surface area contributed by atoms with Gasteiger partial charge in [-0.2, -0.15) is 0 Å². The third-order valence-corrected chi connectivity index (χ3v) is 4.64. The highest BCUT2D eigenvalue weighted by Crippen LogP contribution is 2.21. The summed E-state index contributed by atoms with van der Waals surface area (Å²) in [7, 11) is 0. The summed E-state index contributed by atoms with van der Waals surface area (Å²) in [5, 5.41) is 10.2. The summed E-state index contributed by atoms with van der Waals surface area (Å²) in [6.07, 6.45) is 0. The van der Waals surface area contributed by atoms with Crippen molar-refractivity contribution in [2.45, 2.75) is 19.0 Å². The van der Waals surface area contributed by atoms with Crippen LogP contribution >= 0.6 is 11.8 Å². The average molecular weight is 356 g/mol. The topological polar surface area (TPSA) is 70.7 Å². The number of carbonyl (C=O) groups excluding carboxylic acids is 1. The number of H-pyrrole nitrogens is 1. The van der Waals surface area contributed by atoms with Crippen LogP contribution in [0.2, 0.25) is 0 Å². The fourth-order valence-corrected chi connectivity index (χ4v) is 2.85. The van der Waals surface area contributed by atoms with Gasteiger partial charge in [-0.25, -0.2) is 9.37 Å². The first-order chi connectivity index (χ1) is 12.0. The Morgan fingerprint density at radius 2 is 1.96 bits per heavy atom. The van der Waals surface area contributed by atoms with Crippen molar-refractivity contribution in [2.75, 3.05) is 11.1 Å². The molecule has 3 aromatic rings. The zero-order chi connectivity index (χ0) is 17.8. The number of carbonyl (C=O) groups is 1. The third-order valence-electron chi connectivity index (χ3n) is 3.79. The van der Waals surface area contributed by atoms with Crippen LogP contribution in [0.4, 0.5) is 10.1 Å². The summed E-state index contributed by atoms with van der Waals surface area (Å²) in [5.74, 6) is 0.318. The second-order valence-electron chi connectivity index (χ2n) is 5.56. The van der Waals surface area contributed by atoms with E-state index in [4.69, 9.17) is 0 Å². The van der Waals surface area contributed by atoms with Crippen molar-refractivity contribution in [3.63, 3.8) is 0 Å². The van der Waals surface area contributed by atoms with Gasteiger partial charge in [0.25, 0.3) is 0 Å². The number of aromatic nitrogens is 3. The van der Waals surface area contributed by atoms with Crippen LogP contribution < -0.4 is 5.32 Å². The number of hydrogen-bond acceptors (Lipinski definition) is 4. The van der Waals surface area contributed by atoms with Gasteiger partial charge in [0.2, 0.25) is 11.1 Å². The number of thioether (sulfide) groups is 1. The second-order valence-corrected chi connectivity index (χ2v) is 6.50. The van der Waals surface area contributed by atoms with Gasteiger partial charge in [0, 0.05) is 11.3 Å². The Labute approximate surface area is 149 Å². The molecule has 0 saturated carbocycles. The van der Waals surface area contributed by atoms with Crippen molar-refractivity contribution < 1.29 is 9.18 Å². The highest BCUT2D eigenvalue weighted by Gasteiger charge is 2.10. The predicted molar refractivity (Wildman–Crippen MR) is 97.0 cm³/mol. The molecule has 0 radical (unpaired) electrons. The molecule has 1 aromatic heterocycles. The monoisotopic (exact) mass is 356 g/mol. The summed E-state index contributed by atoms with van der Waals surface area (Å²) in [5.41, 5.74) is 3.73. The molecular weight excluding hydrogens is 339 g/mol. The number of aromatic amines is 1. The van der Waals surface area contributed by atoms with Crippen LogP contribution in [-0.2, 0) is 4.79 Å². The SMILES string of the molecule is Cc1cccc(NC(=O)CSc2n[nH]c(-c3ccc(F)cc3)n2)c1C. The number of hydrogen-bond donors (Lipinski definition) is 2. The molecule has 0 spiro atoms. The first-order valence-corrected chi connectivity index (χ1v) is 8.68. The molecule has 1 amide bonds. The summed E-state index contributed by atoms with van der Waals surface area (Å²) in [6.45, 7) is 3.98. The number of amides is 1. The fourth-order valence-electron chi connectivity index (χ4n) is 2.25. The molecule has 0 aliphatic carbocycles. The molecule has 0 fully saturated rings. The van der Waals surface area contributed by atoms with Crippen LogP contribution in [0.1, 0.15) is 11.1 Å². The van der Waals surface area contributed by atoms with Crippen molar-refractivity contribution in [2.24, 2.45) is 0 Å². The Morgan fingerprint density at radius 1 is 1.20 bits per heavy atom. The third kappa shape index (κ3) is 4.24. The van der Waals surface area contributed by atoms with E-state index in [9.17, 15) is 9.18 Å². The van der Waals surface area contributed by atoms with Gasteiger partial charge in [0.05, 0.1) is 5.75 Å². The van der Waals surface area contributed by atoms with E-state index in [1.165, 1.54) is 23.9 Å². The lowest BCUT2D eigenvalue weighted by Gasteiger charge is -2.09. The van der Waals surface area contributed by atoms with Crippen molar-refractivity contribution in [1.29, 1.82) is 0 Å². The summed E-state index contributed by atoms with van der Waals surface area (Å²) < 4.78 is 13.0. The van der Waals surface area contributed by atoms with E-state index in [0.29, 0.717) is 11.0 Å². The van der Waals surface area contributed by atoms with Crippen molar-refractivity contribution in [3.8, 4) is 11.4 Å². The molecule has 0 atom stereocenters. The molecule has 2 aromatic carbocycles. The van der Waals surface area contributed by atoms with Gasteiger partial charge in [-0.05, 0) is 55.3 Å². The number of halogens is 1. The van der Waals surface area contributed by atoms with Crippen LogP contribution in [0.5, 0.6) is 0 Å². The number of aryl methyl sites for hydroxylation is 1. The maximum atomic E-state index is 13.0. The average Bonchev–Trinajstić information content (AvgIpc) is 3.07. The lowest BCUT2D eigenvalue weighted by molar-refractivity contribution is -0.113. The normalized spacial score (nSPS) is 10.7. The first-order valence-electron chi connectivity index (χ1n) is 7.70. The highest BCUT2D eigenvalue weighted by atomic mass is 32.2. The number of nitrogens with zero attached hydrogens (tertiary/aromatic N) is 2. The first kappa shape index (κ1) is 17.2. The van der Waals surface area contributed by atoms with Gasteiger partial charge in [0.15, 0.2) is 5.82 Å². The lowest BCUT2D eigenvalue weighted by Crippen LogP contribution is -2.15. The van der Waals surface area contributed by atoms with Gasteiger partial charge in [0.1, 0.15) is 5.82 Å². The molecule has 0 aliphatic rings. The molecule has 0 aliphatic heterocycles. The van der Waals surface area contributed by atoms with E-state index in [1.54, 1.807) is 12.1 Å². The number of nitrogens with one attached hydrogen (secondary N) is 2. The maximum absolute atomic E-state index is 13.0. The van der Waals surface area contributed by atoms with Crippen LogP contribution in [0, 0.1) is 19.7 Å². The summed E-state index contributed by atoms with van der Waals surface area (Å²) in [4.78, 5) is 16.4. The van der Waals surface area contributed by atoms with Gasteiger partial charge in [-0.15, -0.1) is 5.10 Å². The van der Waals surface area contributed by atoms with Gasteiger partial charge in [-0.1, -0.05) is 23.9 Å². The molecule has 3 rings (SSSR count). The molecule has 2 N–H and O–H groups in total. The van der Waals surface area contributed by atoms with E-state index < -0.39 is 0 Å². The Morgan fingerprint density at radius 3 is 2.72 bits per heavy atom. The molecule has 25 heavy (non-hydrogen) atoms. The van der Waals surface area contributed by atoms with E-state index in [-0.39, 0.29) is 17.5 Å². The van der Waals surface area contributed by atoms with Crippen LogP contribution in [0.15, 0.2) is 47.6 Å². The molecule has 0 saturated heterocycles. The molecule has 1 heterocycles. The van der Waals surface area contributed by atoms with Gasteiger partial charge < -0.3 is 5.32 Å². The Hall–Kier alpha value is -2.67. The highest BCUT2D eigenvalue weighted by molar-refractivity contribution is 7.99. The molecule has 0 bridgehead atoms. The zero-order valence-corrected chi connectivity index (χ0v) is 14.7. The summed E-state index contributed by atoms with van der Waals surface area (Å²) in [6, 6.07) is 11.8. The van der Waals surface area contributed by atoms with E-state index in [2.05, 4.69) is 20.5 Å². The summed E-state index contributed by atoms with van der Waals surface area (Å²) >= 11 is 1.24. The van der Waals surface area contributed by atoms with Crippen molar-refractivity contribution >= 4 is 23.4 Å². The van der Waals surface area contributed by atoms with E-state index in [0.717, 1.165) is 22.4 Å². The largest absolute Gasteiger partial charge is 0.325 e. The van der Waals surface area contributed by atoms with Crippen molar-refractivity contribution in [1.82, 2.24) is 15.2 Å². The van der Waals surface area contributed by atoms with Crippen LogP contribution in [0.25, 0.3) is 11.4 Å². The standard InChI is InChI=1S/C18H17FN4OS/c1-11-4-3-5-15(12(11)2)20-16(24)10-25-18-21-17(22-23-18)13-6-8-14(19)9-7-13/h3-9H,10H2,1-2H3,(H,20,24)(H,21,22,23). The predicted octanol–water partition coefficient (Wildman–Crippen LogP) is 3.96. The zero-order valence-electron chi connectivity index (χ0n) is 13.8. The lowest BCUT2D eigenvalue weighted by atomic mass is 10.1. The Balaban J connectivity index is 1.59. The fraction of sp³-hybridized carbons (Fsp3) is 0.167. The number of benzene rings is 2. The molecule has 0 unspecified atom stereocenters. The number of rotatable bonds is 5. The van der Waals surface area contributed by atoms with Crippen LogP contribution in [0.3, 0.4) is 0 Å². The van der Waals surface area contributed by atoms with Crippen molar-refractivity contribution in [3.05, 3.63) is 59.4 Å². The minimum atomic E-state index is -0.305. The van der Waals surface area contributed by atoms with E-state index in [1.807, 2.05) is 32.0 Å². The molecular formula is C18H17FN4OS. The Kier molecular flexibility index (Phi) is 5.14. The van der Waals surface area contributed by atoms with Gasteiger partial charge >= 0.3 is 0 Å². The molecule has 128 valence electrons. The number of anilines is 1. The minimum absolute atomic E-state index is 0.119. The van der Waals surface area contributed by atoms with E-state index >= 15 is 0 Å². The second kappa shape index (κ2) is 7.48.